The van der Waals surface area contributed by atoms with Crippen LogP contribution in [0.15, 0.2) is 0 Å². The SMILES string of the molecule is CC(C)(C)C.[CH3-].[CH3-].[OH-].[Pt].[Pt]. The van der Waals surface area contributed by atoms with Crippen molar-refractivity contribution < 1.29 is 47.6 Å². The van der Waals surface area contributed by atoms with Crippen molar-refractivity contribution in [1.82, 2.24) is 0 Å². The van der Waals surface area contributed by atoms with E-state index in [1.54, 1.807) is 0 Å². The first-order chi connectivity index (χ1) is 2.00. The van der Waals surface area contributed by atoms with Crippen LogP contribution in [0.3, 0.4) is 0 Å². The number of hydrogen-bond acceptors (Lipinski definition) is 1. The van der Waals surface area contributed by atoms with Gasteiger partial charge in [-0.3, -0.25) is 0 Å². The second kappa shape index (κ2) is 16.7. The summed E-state index contributed by atoms with van der Waals surface area (Å²) in [5, 5.41) is 0. The van der Waals surface area contributed by atoms with Crippen LogP contribution in [0.1, 0.15) is 27.7 Å². The van der Waals surface area contributed by atoms with Crippen LogP contribution in [-0.2, 0) is 42.1 Å². The third-order valence-corrected chi connectivity index (χ3v) is 0. The zero-order valence-corrected chi connectivity index (χ0v) is 12.1. The van der Waals surface area contributed by atoms with E-state index < -0.39 is 0 Å². The van der Waals surface area contributed by atoms with E-state index in [1.165, 1.54) is 0 Å². The fourth-order valence-electron chi connectivity index (χ4n) is 0. The van der Waals surface area contributed by atoms with Crippen molar-refractivity contribution >= 4 is 0 Å². The van der Waals surface area contributed by atoms with Gasteiger partial charge in [0.2, 0.25) is 0 Å². The molecule has 10 heavy (non-hydrogen) atoms. The van der Waals surface area contributed by atoms with Crippen molar-refractivity contribution in [3.63, 3.8) is 0 Å². The van der Waals surface area contributed by atoms with Crippen molar-refractivity contribution in [1.29, 1.82) is 0 Å². The van der Waals surface area contributed by atoms with Crippen molar-refractivity contribution in [2.45, 2.75) is 27.7 Å². The maximum atomic E-state index is 2.19. The Morgan fingerprint density at radius 2 is 0.700 bits per heavy atom. The molecule has 1 N–H and O–H groups in total. The van der Waals surface area contributed by atoms with E-state index in [1.807, 2.05) is 0 Å². The minimum Gasteiger partial charge on any atom is -0.870 e. The topological polar surface area (TPSA) is 30.0 Å². The molecule has 76 valence electrons. The number of rotatable bonds is 0. The first-order valence-electron chi connectivity index (χ1n) is 2.00. The maximum Gasteiger partial charge on any atom is 0 e. The molecule has 0 rings (SSSR count). The molecule has 0 aromatic carbocycles. The van der Waals surface area contributed by atoms with Gasteiger partial charge in [0, 0.05) is 42.1 Å². The van der Waals surface area contributed by atoms with E-state index in [0.29, 0.717) is 5.41 Å². The molecule has 0 aliphatic carbocycles. The third kappa shape index (κ3) is 363. The summed E-state index contributed by atoms with van der Waals surface area (Å²) < 4.78 is 0. The van der Waals surface area contributed by atoms with E-state index in [0.717, 1.165) is 0 Å². The molecule has 0 unspecified atom stereocenters. The molecule has 0 saturated heterocycles. The van der Waals surface area contributed by atoms with Gasteiger partial charge in [-0.05, 0) is 5.41 Å². The van der Waals surface area contributed by atoms with Crippen molar-refractivity contribution in [3.8, 4) is 0 Å². The summed E-state index contributed by atoms with van der Waals surface area (Å²) in [7, 11) is 0. The monoisotopic (exact) mass is 509 g/mol. The van der Waals surface area contributed by atoms with Crippen LogP contribution in [0.25, 0.3) is 0 Å². The Hall–Kier alpha value is 1.34. The maximum absolute atomic E-state index is 2.19. The van der Waals surface area contributed by atoms with Gasteiger partial charge in [0.05, 0.1) is 0 Å². The van der Waals surface area contributed by atoms with Crippen LogP contribution >= 0.6 is 0 Å². The first kappa shape index (κ1) is 42.5. The molecule has 0 heterocycles. The second-order valence-corrected chi connectivity index (χ2v) is 3.00. The summed E-state index contributed by atoms with van der Waals surface area (Å²) in [6, 6.07) is 0. The van der Waals surface area contributed by atoms with Crippen molar-refractivity contribution in [3.05, 3.63) is 14.9 Å². The molecule has 0 fully saturated rings. The molecule has 3 heteroatoms. The van der Waals surface area contributed by atoms with Gasteiger partial charge in [0.1, 0.15) is 0 Å². The molecule has 1 nitrogen and oxygen atoms in total. The normalized spacial score (nSPS) is 6.00. The van der Waals surface area contributed by atoms with Crippen LogP contribution < -0.4 is 0 Å². The van der Waals surface area contributed by atoms with Crippen molar-refractivity contribution in [2.24, 2.45) is 5.41 Å². The molecule has 0 aliphatic rings. The van der Waals surface area contributed by atoms with Gasteiger partial charge in [-0.1, -0.05) is 27.7 Å². The van der Waals surface area contributed by atoms with Gasteiger partial charge in [-0.25, -0.2) is 0 Å². The van der Waals surface area contributed by atoms with Crippen LogP contribution in [0, 0.1) is 20.3 Å². The quantitative estimate of drug-likeness (QED) is 0.462. The van der Waals surface area contributed by atoms with Gasteiger partial charge in [-0.15, -0.1) is 0 Å². The van der Waals surface area contributed by atoms with E-state index >= 15 is 0 Å². The minimum absolute atomic E-state index is 0. The molecule has 0 saturated carbocycles. The molecular formula is C7H19OPt2-3. The molecule has 0 radical (unpaired) electrons. The van der Waals surface area contributed by atoms with E-state index in [9.17, 15) is 0 Å². The molecule has 0 aliphatic heterocycles. The Labute approximate surface area is 95.2 Å². The average molecular weight is 509 g/mol. The molecule has 0 spiro atoms. The molecular weight excluding hydrogens is 490 g/mol. The zero-order valence-electron chi connectivity index (χ0n) is 7.58. The van der Waals surface area contributed by atoms with Gasteiger partial charge < -0.3 is 20.3 Å². The summed E-state index contributed by atoms with van der Waals surface area (Å²) >= 11 is 0. The molecule has 0 aromatic rings. The fourth-order valence-corrected chi connectivity index (χ4v) is 0. The number of hydrogen-bond donors (Lipinski definition) is 0. The van der Waals surface area contributed by atoms with E-state index in [-0.39, 0.29) is 62.5 Å². The molecule has 0 aromatic heterocycles. The largest absolute Gasteiger partial charge is 0.870 e. The van der Waals surface area contributed by atoms with Gasteiger partial charge >= 0.3 is 0 Å². The minimum atomic E-state index is 0. The van der Waals surface area contributed by atoms with Crippen molar-refractivity contribution in [2.75, 3.05) is 0 Å². The Balaban J connectivity index is -0.00000000800. The predicted molar refractivity (Wildman–Crippen MR) is 39.9 cm³/mol. The predicted octanol–water partition coefficient (Wildman–Crippen LogP) is 2.77. The molecule has 0 bridgehead atoms. The summed E-state index contributed by atoms with van der Waals surface area (Å²) in [4.78, 5) is 0. The van der Waals surface area contributed by atoms with Crippen LogP contribution in [0.5, 0.6) is 0 Å². The Morgan fingerprint density at radius 1 is 0.700 bits per heavy atom. The average Bonchev–Trinajstić information content (AvgIpc) is 0.722. The zero-order chi connectivity index (χ0) is 4.50. The smallest absolute Gasteiger partial charge is 0 e. The molecule has 0 atom stereocenters. The summed E-state index contributed by atoms with van der Waals surface area (Å²) in [5.41, 5.74) is 0.500. The summed E-state index contributed by atoms with van der Waals surface area (Å²) in [6.45, 7) is 8.75. The van der Waals surface area contributed by atoms with Crippen LogP contribution in [0.4, 0.5) is 0 Å². The van der Waals surface area contributed by atoms with Gasteiger partial charge in [0.25, 0.3) is 0 Å². The summed E-state index contributed by atoms with van der Waals surface area (Å²) in [6.07, 6.45) is 0. The standard InChI is InChI=1S/C5H12.2CH3.H2O.2Pt/c1-5(2,3)4;;;;;/h1-4H3;2*1H3;1H2;;/q;2*-1;;;/p-1. The Bertz CT molecular complexity index is 27.1. The molecule has 0 amide bonds. The van der Waals surface area contributed by atoms with Crippen LogP contribution in [0.2, 0.25) is 0 Å². The van der Waals surface area contributed by atoms with E-state index in [2.05, 4.69) is 27.7 Å². The van der Waals surface area contributed by atoms with Crippen LogP contribution in [-0.4, -0.2) is 5.48 Å². The third-order valence-electron chi connectivity index (χ3n) is 0. The fraction of sp³-hybridized carbons (Fsp3) is 0.714. The van der Waals surface area contributed by atoms with Gasteiger partial charge in [-0.2, -0.15) is 0 Å². The van der Waals surface area contributed by atoms with Gasteiger partial charge in [0.15, 0.2) is 0 Å². The second-order valence-electron chi connectivity index (χ2n) is 3.00. The summed E-state index contributed by atoms with van der Waals surface area (Å²) in [5.74, 6) is 0. The Morgan fingerprint density at radius 3 is 0.700 bits per heavy atom. The van der Waals surface area contributed by atoms with E-state index in [4.69, 9.17) is 0 Å². The first-order valence-corrected chi connectivity index (χ1v) is 2.00. The Kier molecular flexibility index (Phi) is 71.2.